The summed E-state index contributed by atoms with van der Waals surface area (Å²) in [6.45, 7) is 0. The maximum atomic E-state index is 13.6. The van der Waals surface area contributed by atoms with Crippen LogP contribution in [0.25, 0.3) is 6.08 Å². The van der Waals surface area contributed by atoms with E-state index in [0.29, 0.717) is 16.0 Å². The fraction of sp³-hybridized carbons (Fsp3) is 0.111. The molecule has 0 heterocycles. The Morgan fingerprint density at radius 1 is 1.04 bits per heavy atom. The van der Waals surface area contributed by atoms with Crippen LogP contribution in [0.3, 0.4) is 0 Å². The summed E-state index contributed by atoms with van der Waals surface area (Å²) in [5, 5.41) is 0. The van der Waals surface area contributed by atoms with Gasteiger partial charge in [0.05, 0.1) is 14.2 Å². The number of carbonyl (C=O) groups excluding carboxylic acids is 2. The van der Waals surface area contributed by atoms with Gasteiger partial charge in [0.15, 0.2) is 11.5 Å². The predicted octanol–water partition coefficient (Wildman–Crippen LogP) is 3.08. The number of benzene rings is 2. The van der Waals surface area contributed by atoms with Gasteiger partial charge in [-0.25, -0.2) is 4.39 Å². The number of nitrogens with one attached hydrogen (secondary N) is 2. The number of methoxy groups -OCH3 is 2. The number of hydrogen-bond acceptors (Lipinski definition) is 4. The number of ether oxygens (including phenoxy) is 2. The Labute approximate surface area is 158 Å². The van der Waals surface area contributed by atoms with Crippen molar-refractivity contribution in [3.8, 4) is 11.5 Å². The number of hydrogen-bond donors (Lipinski definition) is 2. The van der Waals surface area contributed by atoms with Gasteiger partial charge in [0.2, 0.25) is 0 Å². The Balaban J connectivity index is 1.97. The summed E-state index contributed by atoms with van der Waals surface area (Å²) in [5.41, 5.74) is 4.99. The van der Waals surface area contributed by atoms with E-state index in [1.807, 2.05) is 0 Å². The van der Waals surface area contributed by atoms with Gasteiger partial charge < -0.3 is 9.47 Å². The summed E-state index contributed by atoms with van der Waals surface area (Å²) < 4.78 is 24.5. The number of rotatable bonds is 5. The molecule has 2 rings (SSSR count). The van der Waals surface area contributed by atoms with Crippen LogP contribution < -0.4 is 20.3 Å². The second-order valence-electron chi connectivity index (χ2n) is 5.01. The van der Waals surface area contributed by atoms with Gasteiger partial charge in [-0.2, -0.15) is 0 Å². The molecule has 0 saturated heterocycles. The van der Waals surface area contributed by atoms with E-state index in [1.165, 1.54) is 44.6 Å². The molecule has 0 fully saturated rings. The quantitative estimate of drug-likeness (QED) is 0.573. The minimum absolute atomic E-state index is 0.237. The lowest BCUT2D eigenvalue weighted by Gasteiger charge is -2.10. The summed E-state index contributed by atoms with van der Waals surface area (Å²) in [4.78, 5) is 23.9. The Kier molecular flexibility index (Phi) is 6.74. The van der Waals surface area contributed by atoms with E-state index in [1.54, 1.807) is 12.1 Å². The van der Waals surface area contributed by atoms with Gasteiger partial charge in [-0.15, -0.1) is 0 Å². The molecule has 2 aromatic carbocycles. The van der Waals surface area contributed by atoms with E-state index < -0.39 is 17.6 Å². The Bertz CT molecular complexity index is 855. The van der Waals surface area contributed by atoms with E-state index in [0.717, 1.165) is 6.08 Å². The first-order valence-electron chi connectivity index (χ1n) is 7.40. The summed E-state index contributed by atoms with van der Waals surface area (Å²) in [6, 6.07) is 8.94. The monoisotopic (exact) mass is 422 g/mol. The normalized spacial score (nSPS) is 10.5. The van der Waals surface area contributed by atoms with E-state index >= 15 is 0 Å². The van der Waals surface area contributed by atoms with Gasteiger partial charge in [-0.1, -0.05) is 15.9 Å². The van der Waals surface area contributed by atoms with Crippen LogP contribution in [-0.4, -0.2) is 26.0 Å². The van der Waals surface area contributed by atoms with Crippen LogP contribution in [0.15, 0.2) is 46.9 Å². The van der Waals surface area contributed by atoms with Crippen molar-refractivity contribution in [2.24, 2.45) is 0 Å². The highest BCUT2D eigenvalue weighted by Crippen LogP contribution is 2.27. The molecule has 0 aromatic heterocycles. The average molecular weight is 423 g/mol. The molecule has 2 aromatic rings. The molecule has 0 aliphatic rings. The smallest absolute Gasteiger partial charge is 0.269 e. The van der Waals surface area contributed by atoms with Gasteiger partial charge >= 0.3 is 0 Å². The zero-order valence-electron chi connectivity index (χ0n) is 14.0. The third-order valence-electron chi connectivity index (χ3n) is 3.32. The van der Waals surface area contributed by atoms with Crippen LogP contribution in [0.4, 0.5) is 4.39 Å². The fourth-order valence-corrected chi connectivity index (χ4v) is 2.40. The molecule has 2 amide bonds. The van der Waals surface area contributed by atoms with Gasteiger partial charge in [0, 0.05) is 21.7 Å². The molecule has 8 heteroatoms. The molecule has 0 saturated carbocycles. The largest absolute Gasteiger partial charge is 0.493 e. The number of hydrazine groups is 1. The van der Waals surface area contributed by atoms with Crippen molar-refractivity contribution in [2.75, 3.05) is 14.2 Å². The molecule has 26 heavy (non-hydrogen) atoms. The van der Waals surface area contributed by atoms with Crippen LogP contribution in [0.1, 0.15) is 15.9 Å². The minimum Gasteiger partial charge on any atom is -0.493 e. The van der Waals surface area contributed by atoms with Gasteiger partial charge in [0.1, 0.15) is 5.82 Å². The van der Waals surface area contributed by atoms with E-state index in [2.05, 4.69) is 26.8 Å². The predicted molar refractivity (Wildman–Crippen MR) is 98.3 cm³/mol. The first-order valence-corrected chi connectivity index (χ1v) is 8.19. The number of halogens is 2. The van der Waals surface area contributed by atoms with Crippen molar-refractivity contribution in [3.05, 3.63) is 63.9 Å². The van der Waals surface area contributed by atoms with Crippen LogP contribution in [0.5, 0.6) is 11.5 Å². The summed E-state index contributed by atoms with van der Waals surface area (Å²) in [6.07, 6.45) is 2.41. The molecule has 0 unspecified atom stereocenters. The molecular weight excluding hydrogens is 407 g/mol. The number of carbonyl (C=O) groups is 2. The van der Waals surface area contributed by atoms with Crippen molar-refractivity contribution < 1.29 is 23.5 Å². The van der Waals surface area contributed by atoms with Gasteiger partial charge in [-0.3, -0.25) is 20.4 Å². The highest BCUT2D eigenvalue weighted by Gasteiger charge is 2.11. The minimum atomic E-state index is -0.613. The standard InChI is InChI=1S/C18H16BrFN2O4/c1-25-15-7-3-12(10-16(15)26-2)18(24)22-21-17(23)8-4-11-9-13(19)5-6-14(11)20/h3-10H,1-2H3,(H,21,23)(H,22,24)/b8-4+. The first-order chi connectivity index (χ1) is 12.4. The summed E-state index contributed by atoms with van der Waals surface area (Å²) >= 11 is 3.22. The molecular formula is C18H16BrFN2O4. The topological polar surface area (TPSA) is 76.7 Å². The summed E-state index contributed by atoms with van der Waals surface area (Å²) in [5.74, 6) is -0.755. The molecule has 0 bridgehead atoms. The Morgan fingerprint density at radius 3 is 2.46 bits per heavy atom. The number of amides is 2. The molecule has 136 valence electrons. The summed E-state index contributed by atoms with van der Waals surface area (Å²) in [7, 11) is 2.94. The van der Waals surface area contributed by atoms with E-state index in [-0.39, 0.29) is 11.1 Å². The Hall–Kier alpha value is -2.87. The Morgan fingerprint density at radius 2 is 1.77 bits per heavy atom. The van der Waals surface area contributed by atoms with Gasteiger partial charge in [0.25, 0.3) is 11.8 Å². The third-order valence-corrected chi connectivity index (χ3v) is 3.81. The van der Waals surface area contributed by atoms with Gasteiger partial charge in [-0.05, 0) is 42.5 Å². The zero-order chi connectivity index (χ0) is 19.1. The fourth-order valence-electron chi connectivity index (χ4n) is 2.02. The lowest BCUT2D eigenvalue weighted by atomic mass is 10.2. The lowest BCUT2D eigenvalue weighted by molar-refractivity contribution is -0.117. The second kappa shape index (κ2) is 9.00. The molecule has 0 spiro atoms. The van der Waals surface area contributed by atoms with Crippen LogP contribution >= 0.6 is 15.9 Å². The van der Waals surface area contributed by atoms with Crippen molar-refractivity contribution in [3.63, 3.8) is 0 Å². The van der Waals surface area contributed by atoms with Crippen LogP contribution in [0.2, 0.25) is 0 Å². The molecule has 0 radical (unpaired) electrons. The lowest BCUT2D eigenvalue weighted by Crippen LogP contribution is -2.40. The van der Waals surface area contributed by atoms with Crippen LogP contribution in [0, 0.1) is 5.82 Å². The SMILES string of the molecule is COc1ccc(C(=O)NNC(=O)/C=C/c2cc(Br)ccc2F)cc1OC. The maximum absolute atomic E-state index is 13.6. The van der Waals surface area contributed by atoms with Crippen molar-refractivity contribution in [2.45, 2.75) is 0 Å². The maximum Gasteiger partial charge on any atom is 0.269 e. The van der Waals surface area contributed by atoms with Crippen molar-refractivity contribution in [1.82, 2.24) is 10.9 Å². The van der Waals surface area contributed by atoms with E-state index in [4.69, 9.17) is 9.47 Å². The third kappa shape index (κ3) is 5.06. The van der Waals surface area contributed by atoms with E-state index in [9.17, 15) is 14.0 Å². The molecule has 0 atom stereocenters. The first kappa shape index (κ1) is 19.5. The second-order valence-corrected chi connectivity index (χ2v) is 5.93. The zero-order valence-corrected chi connectivity index (χ0v) is 15.6. The van der Waals surface area contributed by atoms with Crippen molar-refractivity contribution >= 4 is 33.8 Å². The molecule has 2 N–H and O–H groups in total. The van der Waals surface area contributed by atoms with Crippen molar-refractivity contribution in [1.29, 1.82) is 0 Å². The van der Waals surface area contributed by atoms with Crippen LogP contribution in [-0.2, 0) is 4.79 Å². The average Bonchev–Trinajstić information content (AvgIpc) is 2.66. The molecule has 0 aliphatic heterocycles. The molecule has 6 nitrogen and oxygen atoms in total. The highest BCUT2D eigenvalue weighted by molar-refractivity contribution is 9.10. The molecule has 0 aliphatic carbocycles. The highest BCUT2D eigenvalue weighted by atomic mass is 79.9.